The summed E-state index contributed by atoms with van der Waals surface area (Å²) >= 11 is 1.55. The molecule has 0 spiro atoms. The van der Waals surface area contributed by atoms with E-state index in [9.17, 15) is 14.7 Å². The van der Waals surface area contributed by atoms with Crippen LogP contribution in [0, 0.1) is 0 Å². The summed E-state index contributed by atoms with van der Waals surface area (Å²) in [6.07, 6.45) is 0. The van der Waals surface area contributed by atoms with Crippen molar-refractivity contribution >= 4 is 29.3 Å². The number of thioether (sulfide) groups is 1. The highest BCUT2D eigenvalue weighted by Crippen LogP contribution is 2.42. The first kappa shape index (κ1) is 17.5. The van der Waals surface area contributed by atoms with Gasteiger partial charge in [-0.15, -0.1) is 11.8 Å². The number of hydrogen-bond donors (Lipinski definition) is 0. The van der Waals surface area contributed by atoms with Gasteiger partial charge in [-0.1, -0.05) is 57.2 Å². The van der Waals surface area contributed by atoms with Gasteiger partial charge in [0.25, 0.3) is 0 Å². The van der Waals surface area contributed by atoms with E-state index in [1.165, 1.54) is 17.7 Å². The van der Waals surface area contributed by atoms with Crippen molar-refractivity contribution in [3.63, 3.8) is 0 Å². The normalized spacial score (nSPS) is 17.8. The molecule has 1 amide bonds. The van der Waals surface area contributed by atoms with Crippen LogP contribution in [-0.2, 0) is 10.2 Å². The zero-order valence-electron chi connectivity index (χ0n) is 14.5. The molecule has 0 saturated carbocycles. The van der Waals surface area contributed by atoms with Crippen molar-refractivity contribution in [1.29, 1.82) is 0 Å². The highest BCUT2D eigenvalue weighted by atomic mass is 32.2. The van der Waals surface area contributed by atoms with Crippen LogP contribution >= 0.6 is 11.8 Å². The Labute approximate surface area is 151 Å². The van der Waals surface area contributed by atoms with Gasteiger partial charge < -0.3 is 9.90 Å². The summed E-state index contributed by atoms with van der Waals surface area (Å²) in [5.41, 5.74) is 2.99. The Morgan fingerprint density at radius 3 is 2.44 bits per heavy atom. The Morgan fingerprint density at radius 2 is 1.84 bits per heavy atom. The number of hydrogen-bond acceptors (Lipinski definition) is 4. The predicted molar refractivity (Wildman–Crippen MR) is 98.6 cm³/mol. The molecule has 2 aromatic carbocycles. The highest BCUT2D eigenvalue weighted by molar-refractivity contribution is 8.00. The average Bonchev–Trinajstić information content (AvgIpc) is 2.96. The Hall–Kier alpha value is -2.27. The van der Waals surface area contributed by atoms with E-state index in [1.807, 2.05) is 12.1 Å². The van der Waals surface area contributed by atoms with Crippen LogP contribution in [-0.4, -0.2) is 17.6 Å². The van der Waals surface area contributed by atoms with E-state index < -0.39 is 5.97 Å². The molecule has 1 atom stereocenters. The van der Waals surface area contributed by atoms with Crippen LogP contribution < -0.4 is 10.0 Å². The van der Waals surface area contributed by atoms with E-state index in [4.69, 9.17) is 0 Å². The fraction of sp³-hybridized carbons (Fsp3) is 0.300. The number of carboxylic acid groups (broad SMARTS) is 1. The fourth-order valence-corrected chi connectivity index (χ4v) is 4.06. The Bertz CT molecular complexity index is 808. The van der Waals surface area contributed by atoms with Crippen LogP contribution in [0.3, 0.4) is 0 Å². The monoisotopic (exact) mass is 354 g/mol. The average molecular weight is 354 g/mol. The van der Waals surface area contributed by atoms with Crippen LogP contribution in [0.5, 0.6) is 0 Å². The molecule has 2 aromatic rings. The molecule has 130 valence electrons. The van der Waals surface area contributed by atoms with Crippen LogP contribution in [0.2, 0.25) is 0 Å². The quantitative estimate of drug-likeness (QED) is 0.850. The highest BCUT2D eigenvalue weighted by Gasteiger charge is 2.34. The van der Waals surface area contributed by atoms with Gasteiger partial charge >= 0.3 is 0 Å². The molecule has 0 bridgehead atoms. The van der Waals surface area contributed by atoms with E-state index in [-0.39, 0.29) is 22.3 Å². The molecule has 1 unspecified atom stereocenters. The first-order valence-electron chi connectivity index (χ1n) is 8.13. The van der Waals surface area contributed by atoms with Crippen molar-refractivity contribution < 1.29 is 14.7 Å². The number of carbonyl (C=O) groups excluding carboxylic acids is 2. The number of anilines is 1. The zero-order chi connectivity index (χ0) is 18.2. The Balaban J connectivity index is 1.95. The molecule has 0 N–H and O–H groups in total. The number of carbonyl (C=O) groups is 2. The Kier molecular flexibility index (Phi) is 4.60. The van der Waals surface area contributed by atoms with E-state index in [0.717, 1.165) is 5.56 Å². The number of nitrogens with zero attached hydrogens (tertiary/aromatic N) is 1. The van der Waals surface area contributed by atoms with Crippen molar-refractivity contribution in [2.75, 3.05) is 10.7 Å². The molecule has 1 heterocycles. The summed E-state index contributed by atoms with van der Waals surface area (Å²) in [4.78, 5) is 25.2. The second kappa shape index (κ2) is 6.56. The standard InChI is InChI=1S/C20H21NO3S/c1-20(2,3)15-9-7-13(8-10-15)18-21(17(22)12-25-18)16-6-4-5-14(11-16)19(23)24/h4-11,18H,12H2,1-3H3,(H,23,24)/p-1. The molecule has 1 aliphatic rings. The predicted octanol–water partition coefficient (Wildman–Crippen LogP) is 3.13. The molecule has 3 rings (SSSR count). The van der Waals surface area contributed by atoms with E-state index in [1.54, 1.807) is 28.8 Å². The third kappa shape index (κ3) is 3.56. The van der Waals surface area contributed by atoms with Crippen LogP contribution in [0.4, 0.5) is 5.69 Å². The second-order valence-electron chi connectivity index (χ2n) is 7.14. The van der Waals surface area contributed by atoms with E-state index in [0.29, 0.717) is 11.4 Å². The molecule has 0 radical (unpaired) electrons. The lowest BCUT2D eigenvalue weighted by Crippen LogP contribution is -2.29. The lowest BCUT2D eigenvalue weighted by molar-refractivity contribution is -0.255. The first-order valence-corrected chi connectivity index (χ1v) is 9.18. The number of rotatable bonds is 3. The molecule has 1 aliphatic heterocycles. The lowest BCUT2D eigenvalue weighted by atomic mass is 9.86. The maximum Gasteiger partial charge on any atom is 0.238 e. The molecule has 1 fully saturated rings. The number of carboxylic acids is 1. The van der Waals surface area contributed by atoms with Crippen molar-refractivity contribution in [1.82, 2.24) is 0 Å². The molecule has 1 saturated heterocycles. The largest absolute Gasteiger partial charge is 0.545 e. The summed E-state index contributed by atoms with van der Waals surface area (Å²) in [7, 11) is 0. The van der Waals surface area contributed by atoms with Crippen LogP contribution in [0.25, 0.3) is 0 Å². The Morgan fingerprint density at radius 1 is 1.16 bits per heavy atom. The SMILES string of the molecule is CC(C)(C)c1ccc(C2SCC(=O)N2c2cccc(C(=O)[O-])c2)cc1. The van der Waals surface area contributed by atoms with Gasteiger partial charge in [0.1, 0.15) is 5.37 Å². The van der Waals surface area contributed by atoms with Gasteiger partial charge in [0.2, 0.25) is 5.91 Å². The van der Waals surface area contributed by atoms with Gasteiger partial charge in [-0.2, -0.15) is 0 Å². The van der Waals surface area contributed by atoms with Crippen molar-refractivity contribution in [3.05, 3.63) is 65.2 Å². The smallest absolute Gasteiger partial charge is 0.238 e. The summed E-state index contributed by atoms with van der Waals surface area (Å²) in [5, 5.41) is 11.0. The third-order valence-corrected chi connectivity index (χ3v) is 5.50. The molecular weight excluding hydrogens is 334 g/mol. The van der Waals surface area contributed by atoms with Gasteiger partial charge in [-0.05, 0) is 34.2 Å². The van der Waals surface area contributed by atoms with Crippen molar-refractivity contribution in [3.8, 4) is 0 Å². The first-order chi connectivity index (χ1) is 11.8. The maximum atomic E-state index is 12.4. The minimum atomic E-state index is -1.24. The summed E-state index contributed by atoms with van der Waals surface area (Å²) in [6, 6.07) is 14.6. The minimum absolute atomic E-state index is 0.0228. The molecule has 0 aromatic heterocycles. The molecular formula is C20H20NO3S-. The minimum Gasteiger partial charge on any atom is -0.545 e. The van der Waals surface area contributed by atoms with Gasteiger partial charge in [0, 0.05) is 5.69 Å². The van der Waals surface area contributed by atoms with Gasteiger partial charge in [-0.25, -0.2) is 0 Å². The second-order valence-corrected chi connectivity index (χ2v) is 8.21. The third-order valence-electron chi connectivity index (χ3n) is 4.29. The number of benzene rings is 2. The van der Waals surface area contributed by atoms with Crippen molar-refractivity contribution in [2.45, 2.75) is 31.6 Å². The summed E-state index contributed by atoms with van der Waals surface area (Å²) < 4.78 is 0. The zero-order valence-corrected chi connectivity index (χ0v) is 15.3. The lowest BCUT2D eigenvalue weighted by Gasteiger charge is -2.26. The van der Waals surface area contributed by atoms with E-state index >= 15 is 0 Å². The van der Waals surface area contributed by atoms with E-state index in [2.05, 4.69) is 32.9 Å². The van der Waals surface area contributed by atoms with Crippen LogP contribution in [0.1, 0.15) is 47.6 Å². The maximum absolute atomic E-state index is 12.4. The number of amides is 1. The van der Waals surface area contributed by atoms with Crippen LogP contribution in [0.15, 0.2) is 48.5 Å². The summed E-state index contributed by atoms with van der Waals surface area (Å²) in [6.45, 7) is 6.48. The van der Waals surface area contributed by atoms with Crippen molar-refractivity contribution in [2.24, 2.45) is 0 Å². The van der Waals surface area contributed by atoms with Gasteiger partial charge in [0.15, 0.2) is 0 Å². The molecule has 5 heteroatoms. The number of aromatic carboxylic acids is 1. The summed E-state index contributed by atoms with van der Waals surface area (Å²) in [5.74, 6) is -0.890. The topological polar surface area (TPSA) is 60.4 Å². The van der Waals surface area contributed by atoms with Gasteiger partial charge in [-0.3, -0.25) is 9.69 Å². The van der Waals surface area contributed by atoms with Gasteiger partial charge in [0.05, 0.1) is 11.7 Å². The molecule has 4 nitrogen and oxygen atoms in total. The molecule has 25 heavy (non-hydrogen) atoms. The molecule has 0 aliphatic carbocycles. The fourth-order valence-electron chi connectivity index (χ4n) is 2.88.